The van der Waals surface area contributed by atoms with Crippen LogP contribution in [0.4, 0.5) is 0 Å². The molecule has 0 radical (unpaired) electrons. The van der Waals surface area contributed by atoms with Crippen molar-refractivity contribution in [2.24, 2.45) is 5.73 Å². The number of nitrogens with two attached hydrogens (primary N) is 1. The SMILES string of the molecule is CCC(N)C(Oc1ccc(Cl)cc1)c1ccc(Br)s1. The van der Waals surface area contributed by atoms with Gasteiger partial charge in [0.15, 0.2) is 0 Å². The van der Waals surface area contributed by atoms with Crippen molar-refractivity contribution in [3.8, 4) is 5.75 Å². The van der Waals surface area contributed by atoms with E-state index in [1.807, 2.05) is 36.4 Å². The van der Waals surface area contributed by atoms with Crippen LogP contribution in [0.1, 0.15) is 24.3 Å². The standard InChI is InChI=1S/C14H15BrClNOS/c1-2-11(17)14(12-7-8-13(15)19-12)18-10-5-3-9(16)4-6-10/h3-8,11,14H,2,17H2,1H3. The highest BCUT2D eigenvalue weighted by Gasteiger charge is 2.22. The van der Waals surface area contributed by atoms with E-state index in [0.29, 0.717) is 5.02 Å². The van der Waals surface area contributed by atoms with E-state index in [1.165, 1.54) is 0 Å². The molecule has 0 amide bonds. The van der Waals surface area contributed by atoms with Gasteiger partial charge in [0.2, 0.25) is 0 Å². The molecule has 0 aliphatic heterocycles. The Balaban J connectivity index is 2.21. The van der Waals surface area contributed by atoms with E-state index in [4.69, 9.17) is 22.1 Å². The van der Waals surface area contributed by atoms with Gasteiger partial charge in [0.05, 0.1) is 3.79 Å². The molecule has 0 aliphatic carbocycles. The largest absolute Gasteiger partial charge is 0.483 e. The Labute approximate surface area is 130 Å². The zero-order chi connectivity index (χ0) is 13.8. The molecule has 2 N–H and O–H groups in total. The van der Waals surface area contributed by atoms with Crippen LogP contribution in [0.15, 0.2) is 40.2 Å². The normalized spacial score (nSPS) is 14.1. The van der Waals surface area contributed by atoms with Crippen molar-refractivity contribution < 1.29 is 4.74 Å². The topological polar surface area (TPSA) is 35.2 Å². The first-order valence-electron chi connectivity index (χ1n) is 6.03. The monoisotopic (exact) mass is 359 g/mol. The highest BCUT2D eigenvalue weighted by Crippen LogP contribution is 2.33. The van der Waals surface area contributed by atoms with Crippen molar-refractivity contribution in [3.05, 3.63) is 50.1 Å². The first-order chi connectivity index (χ1) is 9.10. The molecule has 0 fully saturated rings. The summed E-state index contributed by atoms with van der Waals surface area (Å²) < 4.78 is 7.11. The molecule has 5 heteroatoms. The van der Waals surface area contributed by atoms with Gasteiger partial charge in [0.25, 0.3) is 0 Å². The number of hydrogen-bond donors (Lipinski definition) is 1. The Hall–Kier alpha value is -0.550. The summed E-state index contributed by atoms with van der Waals surface area (Å²) in [4.78, 5) is 1.12. The lowest BCUT2D eigenvalue weighted by atomic mass is 10.1. The first kappa shape index (κ1) is 14.9. The number of ether oxygens (including phenoxy) is 1. The predicted molar refractivity (Wildman–Crippen MR) is 85.1 cm³/mol. The number of benzene rings is 1. The summed E-state index contributed by atoms with van der Waals surface area (Å²) in [6.07, 6.45) is 0.718. The van der Waals surface area contributed by atoms with E-state index in [-0.39, 0.29) is 12.1 Å². The molecular formula is C14H15BrClNOS. The van der Waals surface area contributed by atoms with Crippen LogP contribution in [0.25, 0.3) is 0 Å². The van der Waals surface area contributed by atoms with Crippen molar-refractivity contribution in [2.45, 2.75) is 25.5 Å². The van der Waals surface area contributed by atoms with Crippen LogP contribution >= 0.6 is 38.9 Å². The second kappa shape index (κ2) is 6.75. The summed E-state index contributed by atoms with van der Waals surface area (Å²) in [5.74, 6) is 0.780. The fraction of sp³-hybridized carbons (Fsp3) is 0.286. The molecule has 0 bridgehead atoms. The molecule has 19 heavy (non-hydrogen) atoms. The average Bonchev–Trinajstić information content (AvgIpc) is 2.83. The van der Waals surface area contributed by atoms with Crippen LogP contribution in [-0.4, -0.2) is 6.04 Å². The van der Waals surface area contributed by atoms with E-state index in [2.05, 4.69) is 22.9 Å². The van der Waals surface area contributed by atoms with E-state index in [0.717, 1.165) is 20.8 Å². The van der Waals surface area contributed by atoms with Gasteiger partial charge in [-0.15, -0.1) is 11.3 Å². The maximum absolute atomic E-state index is 6.18. The highest BCUT2D eigenvalue weighted by molar-refractivity contribution is 9.11. The molecule has 0 saturated heterocycles. The van der Waals surface area contributed by atoms with E-state index < -0.39 is 0 Å². The maximum atomic E-state index is 6.18. The van der Waals surface area contributed by atoms with Gasteiger partial charge in [0.1, 0.15) is 11.9 Å². The second-order valence-corrected chi connectivity index (χ2v) is 7.14. The molecule has 0 saturated carbocycles. The Morgan fingerprint density at radius 2 is 1.95 bits per heavy atom. The van der Waals surface area contributed by atoms with E-state index >= 15 is 0 Å². The summed E-state index contributed by atoms with van der Waals surface area (Å²) in [6.45, 7) is 2.06. The molecule has 2 rings (SSSR count). The van der Waals surface area contributed by atoms with Crippen molar-refractivity contribution in [2.75, 3.05) is 0 Å². The number of thiophene rings is 1. The molecule has 1 heterocycles. The van der Waals surface area contributed by atoms with Gasteiger partial charge in [-0.3, -0.25) is 0 Å². The lowest BCUT2D eigenvalue weighted by Crippen LogP contribution is -2.30. The molecule has 102 valence electrons. The molecule has 2 unspecified atom stereocenters. The van der Waals surface area contributed by atoms with Crippen molar-refractivity contribution in [1.82, 2.24) is 0 Å². The molecular weight excluding hydrogens is 346 g/mol. The Kier molecular flexibility index (Phi) is 5.28. The van der Waals surface area contributed by atoms with E-state index in [9.17, 15) is 0 Å². The third-order valence-corrected chi connectivity index (χ3v) is 4.75. The van der Waals surface area contributed by atoms with Gasteiger partial charge in [-0.2, -0.15) is 0 Å². The lowest BCUT2D eigenvalue weighted by molar-refractivity contribution is 0.174. The summed E-state index contributed by atoms with van der Waals surface area (Å²) in [6, 6.07) is 11.4. The summed E-state index contributed by atoms with van der Waals surface area (Å²) in [5, 5.41) is 0.697. The zero-order valence-corrected chi connectivity index (χ0v) is 13.6. The van der Waals surface area contributed by atoms with Crippen LogP contribution in [-0.2, 0) is 0 Å². The van der Waals surface area contributed by atoms with Gasteiger partial charge in [-0.1, -0.05) is 18.5 Å². The van der Waals surface area contributed by atoms with Crippen LogP contribution < -0.4 is 10.5 Å². The third-order valence-electron chi connectivity index (χ3n) is 2.81. The number of rotatable bonds is 5. The Bertz CT molecular complexity index is 528. The van der Waals surface area contributed by atoms with Crippen LogP contribution in [0.5, 0.6) is 5.75 Å². The Morgan fingerprint density at radius 3 is 2.47 bits per heavy atom. The minimum atomic E-state index is -0.137. The summed E-state index contributed by atoms with van der Waals surface area (Å²) in [5.41, 5.74) is 6.18. The molecule has 2 nitrogen and oxygen atoms in total. The minimum Gasteiger partial charge on any atom is -0.483 e. The molecule has 1 aromatic carbocycles. The number of halogens is 2. The van der Waals surface area contributed by atoms with Gasteiger partial charge in [-0.25, -0.2) is 0 Å². The second-order valence-electron chi connectivity index (χ2n) is 4.21. The van der Waals surface area contributed by atoms with Crippen molar-refractivity contribution in [3.63, 3.8) is 0 Å². The van der Waals surface area contributed by atoms with Crippen molar-refractivity contribution >= 4 is 38.9 Å². The number of hydrogen-bond acceptors (Lipinski definition) is 3. The molecule has 0 aliphatic rings. The summed E-state index contributed by atoms with van der Waals surface area (Å²) >= 11 is 11.0. The fourth-order valence-electron chi connectivity index (χ4n) is 1.71. The minimum absolute atomic E-state index is 0.0405. The quantitative estimate of drug-likeness (QED) is 0.812. The van der Waals surface area contributed by atoms with E-state index in [1.54, 1.807) is 11.3 Å². The fourth-order valence-corrected chi connectivity index (χ4v) is 3.37. The highest BCUT2D eigenvalue weighted by atomic mass is 79.9. The maximum Gasteiger partial charge on any atom is 0.148 e. The lowest BCUT2D eigenvalue weighted by Gasteiger charge is -2.23. The van der Waals surface area contributed by atoms with Crippen molar-refractivity contribution in [1.29, 1.82) is 0 Å². The summed E-state index contributed by atoms with van der Waals surface area (Å²) in [7, 11) is 0. The van der Waals surface area contributed by atoms with Gasteiger partial charge in [-0.05, 0) is 58.7 Å². The van der Waals surface area contributed by atoms with Gasteiger partial charge < -0.3 is 10.5 Å². The Morgan fingerprint density at radius 1 is 1.26 bits per heavy atom. The van der Waals surface area contributed by atoms with Crippen LogP contribution in [0, 0.1) is 0 Å². The third kappa shape index (κ3) is 3.96. The van der Waals surface area contributed by atoms with Gasteiger partial charge in [0, 0.05) is 15.9 Å². The zero-order valence-electron chi connectivity index (χ0n) is 10.5. The predicted octanol–water partition coefficient (Wildman–Crippen LogP) is 5.02. The van der Waals surface area contributed by atoms with Crippen LogP contribution in [0.3, 0.4) is 0 Å². The molecule has 2 aromatic rings. The van der Waals surface area contributed by atoms with Gasteiger partial charge >= 0.3 is 0 Å². The molecule has 1 aromatic heterocycles. The molecule has 0 spiro atoms. The first-order valence-corrected chi connectivity index (χ1v) is 8.02. The smallest absolute Gasteiger partial charge is 0.148 e. The molecule has 2 atom stereocenters. The average molecular weight is 361 g/mol. The van der Waals surface area contributed by atoms with Crippen LogP contribution in [0.2, 0.25) is 5.02 Å².